The summed E-state index contributed by atoms with van der Waals surface area (Å²) in [5, 5.41) is 0.524. The molecule has 0 aliphatic rings. The van der Waals surface area contributed by atoms with E-state index in [4.69, 9.17) is 11.6 Å². The van der Waals surface area contributed by atoms with Crippen LogP contribution in [0.3, 0.4) is 0 Å². The first-order chi connectivity index (χ1) is 8.15. The van der Waals surface area contributed by atoms with E-state index < -0.39 is 0 Å². The molecule has 0 unspecified atom stereocenters. The summed E-state index contributed by atoms with van der Waals surface area (Å²) in [5.74, 6) is 0.126. The molecular formula is C14H16BrClO. The van der Waals surface area contributed by atoms with Gasteiger partial charge in [0.1, 0.15) is 0 Å². The van der Waals surface area contributed by atoms with E-state index in [1.54, 1.807) is 12.1 Å². The average molecular weight is 316 g/mol. The predicted octanol–water partition coefficient (Wildman–Crippen LogP) is 5.42. The third-order valence-electron chi connectivity index (χ3n) is 2.54. The Bertz CT molecular complexity index is 401. The van der Waals surface area contributed by atoms with Crippen LogP contribution in [0.15, 0.2) is 35.3 Å². The van der Waals surface area contributed by atoms with Crippen LogP contribution in [0.1, 0.15) is 42.5 Å². The van der Waals surface area contributed by atoms with Crippen LogP contribution in [0.5, 0.6) is 0 Å². The Morgan fingerprint density at radius 1 is 1.35 bits per heavy atom. The summed E-state index contributed by atoms with van der Waals surface area (Å²) in [6, 6.07) is 5.38. The smallest absolute Gasteiger partial charge is 0.164 e. The minimum atomic E-state index is 0.126. The van der Waals surface area contributed by atoms with Crippen LogP contribution in [-0.4, -0.2) is 5.78 Å². The lowest BCUT2D eigenvalue weighted by atomic mass is 10.0. The third kappa shape index (κ3) is 5.05. The highest BCUT2D eigenvalue weighted by Gasteiger charge is 2.09. The molecule has 0 saturated heterocycles. The fourth-order valence-electron chi connectivity index (χ4n) is 1.60. The molecule has 0 radical (unpaired) electrons. The van der Waals surface area contributed by atoms with Crippen molar-refractivity contribution in [1.82, 2.24) is 0 Å². The summed E-state index contributed by atoms with van der Waals surface area (Å²) in [5.41, 5.74) is 0.624. The van der Waals surface area contributed by atoms with Gasteiger partial charge in [-0.1, -0.05) is 40.0 Å². The second-order valence-electron chi connectivity index (χ2n) is 3.94. The molecule has 1 aromatic rings. The number of carbonyl (C=O) groups is 1. The van der Waals surface area contributed by atoms with Gasteiger partial charge >= 0.3 is 0 Å². The van der Waals surface area contributed by atoms with Gasteiger partial charge in [0.15, 0.2) is 5.78 Å². The van der Waals surface area contributed by atoms with Gasteiger partial charge in [-0.2, -0.15) is 0 Å². The number of Topliss-reactive ketones (excluding diaryl/α,β-unsaturated/α-hetero) is 1. The van der Waals surface area contributed by atoms with Crippen molar-refractivity contribution in [2.45, 2.75) is 32.1 Å². The SMILES string of the molecule is C=CCCCCCC(=O)c1ccc(Br)cc1Cl. The number of halogens is 2. The molecule has 1 aromatic carbocycles. The van der Waals surface area contributed by atoms with Gasteiger partial charge in [-0.3, -0.25) is 4.79 Å². The van der Waals surface area contributed by atoms with E-state index in [1.165, 1.54) is 0 Å². The molecule has 0 spiro atoms. The van der Waals surface area contributed by atoms with Crippen molar-refractivity contribution in [2.75, 3.05) is 0 Å². The van der Waals surface area contributed by atoms with Gasteiger partial charge in [0.2, 0.25) is 0 Å². The van der Waals surface area contributed by atoms with E-state index in [1.807, 2.05) is 12.1 Å². The molecule has 1 nitrogen and oxygen atoms in total. The molecule has 0 aliphatic heterocycles. The minimum Gasteiger partial charge on any atom is -0.294 e. The van der Waals surface area contributed by atoms with Crippen LogP contribution >= 0.6 is 27.5 Å². The van der Waals surface area contributed by atoms with Crippen LogP contribution in [0.4, 0.5) is 0 Å². The minimum absolute atomic E-state index is 0.126. The van der Waals surface area contributed by atoms with Crippen molar-refractivity contribution in [2.24, 2.45) is 0 Å². The number of ketones is 1. The standard InChI is InChI=1S/C14H16BrClO/c1-2-3-4-5-6-7-14(17)12-9-8-11(15)10-13(12)16/h2,8-10H,1,3-7H2. The molecule has 0 fully saturated rings. The number of benzene rings is 1. The molecule has 92 valence electrons. The molecule has 0 bridgehead atoms. The van der Waals surface area contributed by atoms with Gasteiger partial charge in [-0.15, -0.1) is 6.58 Å². The van der Waals surface area contributed by atoms with E-state index in [-0.39, 0.29) is 5.78 Å². The monoisotopic (exact) mass is 314 g/mol. The number of carbonyl (C=O) groups excluding carboxylic acids is 1. The lowest BCUT2D eigenvalue weighted by molar-refractivity contribution is 0.0979. The molecule has 0 aromatic heterocycles. The molecule has 0 N–H and O–H groups in total. The quantitative estimate of drug-likeness (QED) is 0.373. The second kappa shape index (κ2) is 7.67. The van der Waals surface area contributed by atoms with Crippen LogP contribution in [0.2, 0.25) is 5.02 Å². The topological polar surface area (TPSA) is 17.1 Å². The lowest BCUT2D eigenvalue weighted by Crippen LogP contribution is -1.99. The Labute approximate surface area is 116 Å². The first-order valence-electron chi connectivity index (χ1n) is 5.74. The van der Waals surface area contributed by atoms with Gasteiger partial charge < -0.3 is 0 Å². The normalized spacial score (nSPS) is 10.2. The van der Waals surface area contributed by atoms with Crippen LogP contribution < -0.4 is 0 Å². The van der Waals surface area contributed by atoms with Gasteiger partial charge in [-0.25, -0.2) is 0 Å². The van der Waals surface area contributed by atoms with Gasteiger partial charge in [0, 0.05) is 16.5 Å². The molecule has 3 heteroatoms. The molecule has 0 heterocycles. The Kier molecular flexibility index (Phi) is 6.53. The zero-order valence-electron chi connectivity index (χ0n) is 9.72. The first kappa shape index (κ1) is 14.5. The highest BCUT2D eigenvalue weighted by molar-refractivity contribution is 9.10. The van der Waals surface area contributed by atoms with Crippen LogP contribution in [-0.2, 0) is 0 Å². The summed E-state index contributed by atoms with van der Waals surface area (Å²) in [4.78, 5) is 11.9. The highest BCUT2D eigenvalue weighted by Crippen LogP contribution is 2.23. The maximum atomic E-state index is 11.9. The van der Waals surface area contributed by atoms with E-state index in [0.717, 1.165) is 30.2 Å². The molecular weight excluding hydrogens is 300 g/mol. The molecule has 0 amide bonds. The summed E-state index contributed by atoms with van der Waals surface area (Å²) in [6.07, 6.45) is 6.58. The van der Waals surface area contributed by atoms with Crippen LogP contribution in [0, 0.1) is 0 Å². The zero-order chi connectivity index (χ0) is 12.7. The van der Waals surface area contributed by atoms with E-state index >= 15 is 0 Å². The summed E-state index contributed by atoms with van der Waals surface area (Å²) < 4.78 is 0.894. The maximum Gasteiger partial charge on any atom is 0.164 e. The van der Waals surface area contributed by atoms with Crippen molar-refractivity contribution in [3.8, 4) is 0 Å². The number of unbranched alkanes of at least 4 members (excludes halogenated alkanes) is 3. The Morgan fingerprint density at radius 2 is 2.12 bits per heavy atom. The van der Waals surface area contributed by atoms with E-state index in [2.05, 4.69) is 22.5 Å². The predicted molar refractivity (Wildman–Crippen MR) is 76.8 cm³/mol. The van der Waals surface area contributed by atoms with Gasteiger partial charge in [-0.05, 0) is 37.5 Å². The summed E-state index contributed by atoms with van der Waals surface area (Å²) in [6.45, 7) is 3.67. The van der Waals surface area contributed by atoms with Gasteiger partial charge in [0.25, 0.3) is 0 Å². The summed E-state index contributed by atoms with van der Waals surface area (Å²) >= 11 is 9.34. The Morgan fingerprint density at radius 3 is 2.76 bits per heavy atom. The van der Waals surface area contributed by atoms with Crippen molar-refractivity contribution in [3.05, 3.63) is 45.9 Å². The fourth-order valence-corrected chi connectivity index (χ4v) is 2.38. The molecule has 0 aliphatic carbocycles. The number of hydrogen-bond acceptors (Lipinski definition) is 1. The maximum absolute atomic E-state index is 11.9. The zero-order valence-corrected chi connectivity index (χ0v) is 12.1. The average Bonchev–Trinajstić information content (AvgIpc) is 2.28. The highest BCUT2D eigenvalue weighted by atomic mass is 79.9. The summed E-state index contributed by atoms with van der Waals surface area (Å²) in [7, 11) is 0. The molecule has 1 rings (SSSR count). The lowest BCUT2D eigenvalue weighted by Gasteiger charge is -2.04. The largest absolute Gasteiger partial charge is 0.294 e. The van der Waals surface area contributed by atoms with Crippen molar-refractivity contribution in [1.29, 1.82) is 0 Å². The fraction of sp³-hybridized carbons (Fsp3) is 0.357. The molecule has 0 atom stereocenters. The third-order valence-corrected chi connectivity index (χ3v) is 3.35. The number of rotatable bonds is 7. The van der Waals surface area contributed by atoms with E-state index in [0.29, 0.717) is 17.0 Å². The number of hydrogen-bond donors (Lipinski definition) is 0. The van der Waals surface area contributed by atoms with Crippen molar-refractivity contribution >= 4 is 33.3 Å². The van der Waals surface area contributed by atoms with Crippen molar-refractivity contribution in [3.63, 3.8) is 0 Å². The van der Waals surface area contributed by atoms with Crippen molar-refractivity contribution < 1.29 is 4.79 Å². The van der Waals surface area contributed by atoms with Gasteiger partial charge in [0.05, 0.1) is 5.02 Å². The number of allylic oxidation sites excluding steroid dienone is 1. The second-order valence-corrected chi connectivity index (χ2v) is 5.26. The van der Waals surface area contributed by atoms with Crippen LogP contribution in [0.25, 0.3) is 0 Å². The van der Waals surface area contributed by atoms with E-state index in [9.17, 15) is 4.79 Å². The molecule has 17 heavy (non-hydrogen) atoms. The molecule has 0 saturated carbocycles. The first-order valence-corrected chi connectivity index (χ1v) is 6.91. The Balaban J connectivity index is 2.44. The Hall–Kier alpha value is -0.600.